The maximum atomic E-state index is 12.9. The van der Waals surface area contributed by atoms with Gasteiger partial charge in [0.2, 0.25) is 0 Å². The fourth-order valence-corrected chi connectivity index (χ4v) is 3.05. The molecule has 1 atom stereocenters. The quantitative estimate of drug-likeness (QED) is 0.604. The number of rotatable bonds is 6. The minimum absolute atomic E-state index is 0.124. The van der Waals surface area contributed by atoms with Gasteiger partial charge in [-0.25, -0.2) is 4.79 Å². The molecule has 0 aliphatic carbocycles. The predicted molar refractivity (Wildman–Crippen MR) is 90.7 cm³/mol. The Morgan fingerprint density at radius 3 is 2.73 bits per heavy atom. The Labute approximate surface area is 150 Å². The highest BCUT2D eigenvalue weighted by Gasteiger charge is 2.42. The number of anilines is 1. The van der Waals surface area contributed by atoms with Crippen LogP contribution in [0.2, 0.25) is 0 Å². The van der Waals surface area contributed by atoms with E-state index in [1.165, 1.54) is 11.0 Å². The highest BCUT2D eigenvalue weighted by Crippen LogP contribution is 2.40. The number of hydrogen-bond donors (Lipinski definition) is 1. The average Bonchev–Trinajstić information content (AvgIpc) is 2.60. The number of hydrogen-bond acceptors (Lipinski definition) is 4. The minimum atomic E-state index is -4.44. The monoisotopic (exact) mass is 372 g/mol. The Morgan fingerprint density at radius 1 is 1.38 bits per heavy atom. The van der Waals surface area contributed by atoms with Gasteiger partial charge in [0.1, 0.15) is 6.29 Å². The van der Waals surface area contributed by atoms with Crippen molar-refractivity contribution < 1.29 is 27.5 Å². The average molecular weight is 372 g/mol. The molecule has 0 radical (unpaired) electrons. The lowest BCUT2D eigenvalue weighted by atomic mass is 9.89. The molecule has 2 N–H and O–H groups in total. The molecule has 1 aromatic rings. The summed E-state index contributed by atoms with van der Waals surface area (Å²) in [6.07, 6.45) is -1.67. The van der Waals surface area contributed by atoms with Crippen molar-refractivity contribution in [3.8, 4) is 0 Å². The van der Waals surface area contributed by atoms with E-state index in [1.807, 2.05) is 6.92 Å². The van der Waals surface area contributed by atoms with Gasteiger partial charge in [0.25, 0.3) is 0 Å². The summed E-state index contributed by atoms with van der Waals surface area (Å²) in [7, 11) is 0. The van der Waals surface area contributed by atoms with E-state index < -0.39 is 23.5 Å². The van der Waals surface area contributed by atoms with Crippen LogP contribution in [0.15, 0.2) is 18.2 Å². The SMILES string of the molecule is CCC1(N)CCc2cc(C(F)(F)F)ccc2N1C(=O)OCCCCC=O. The van der Waals surface area contributed by atoms with Crippen LogP contribution in [0.3, 0.4) is 0 Å². The molecule has 1 heterocycles. The third kappa shape index (κ3) is 4.35. The lowest BCUT2D eigenvalue weighted by Gasteiger charge is -2.44. The first-order chi connectivity index (χ1) is 12.2. The largest absolute Gasteiger partial charge is 0.449 e. The molecule has 1 unspecified atom stereocenters. The fourth-order valence-electron chi connectivity index (χ4n) is 3.05. The molecule has 26 heavy (non-hydrogen) atoms. The van der Waals surface area contributed by atoms with Crippen molar-refractivity contribution in [3.05, 3.63) is 29.3 Å². The van der Waals surface area contributed by atoms with E-state index in [4.69, 9.17) is 10.5 Å². The van der Waals surface area contributed by atoms with Gasteiger partial charge in [0, 0.05) is 6.42 Å². The number of ether oxygens (including phenoxy) is 1. The number of amides is 1. The van der Waals surface area contributed by atoms with Crippen LogP contribution in [0, 0.1) is 0 Å². The molecule has 0 fully saturated rings. The molecule has 0 bridgehead atoms. The van der Waals surface area contributed by atoms with Gasteiger partial charge in [-0.2, -0.15) is 13.2 Å². The zero-order valence-electron chi connectivity index (χ0n) is 14.6. The molecule has 8 heteroatoms. The van der Waals surface area contributed by atoms with Gasteiger partial charge in [-0.1, -0.05) is 6.92 Å². The molecule has 1 aliphatic rings. The van der Waals surface area contributed by atoms with E-state index in [2.05, 4.69) is 0 Å². The lowest BCUT2D eigenvalue weighted by molar-refractivity contribution is -0.137. The fraction of sp³-hybridized carbons (Fsp3) is 0.556. The van der Waals surface area contributed by atoms with Gasteiger partial charge in [-0.15, -0.1) is 0 Å². The first-order valence-electron chi connectivity index (χ1n) is 8.62. The van der Waals surface area contributed by atoms with Crippen molar-refractivity contribution in [2.45, 2.75) is 57.3 Å². The summed E-state index contributed by atoms with van der Waals surface area (Å²) in [5.74, 6) is 0. The Hall–Kier alpha value is -2.09. The number of carbonyl (C=O) groups excluding carboxylic acids is 2. The van der Waals surface area contributed by atoms with Crippen molar-refractivity contribution in [1.29, 1.82) is 0 Å². The standard InChI is InChI=1S/C18H23F3N2O3/c1-2-17(22)9-8-13-12-14(18(19,20)21)6-7-15(13)23(17)16(25)26-11-5-3-4-10-24/h6-7,10,12H,2-5,8-9,11,22H2,1H3. The molecule has 0 saturated heterocycles. The smallest absolute Gasteiger partial charge is 0.416 e. The van der Waals surface area contributed by atoms with Crippen LogP contribution in [-0.2, 0) is 22.1 Å². The minimum Gasteiger partial charge on any atom is -0.449 e. The highest BCUT2D eigenvalue weighted by molar-refractivity contribution is 5.91. The highest BCUT2D eigenvalue weighted by atomic mass is 19.4. The first kappa shape index (κ1) is 20.2. The topological polar surface area (TPSA) is 72.6 Å². The maximum absolute atomic E-state index is 12.9. The van der Waals surface area contributed by atoms with Gasteiger partial charge in [-0.05, 0) is 55.9 Å². The number of aldehydes is 1. The van der Waals surface area contributed by atoms with Crippen molar-refractivity contribution in [1.82, 2.24) is 0 Å². The Balaban J connectivity index is 2.24. The number of halogens is 3. The van der Waals surface area contributed by atoms with Crippen LogP contribution in [0.1, 0.15) is 50.2 Å². The number of benzene rings is 1. The molecule has 0 saturated carbocycles. The number of carbonyl (C=O) groups is 2. The summed E-state index contributed by atoms with van der Waals surface area (Å²) in [5.41, 5.74) is 5.37. The molecule has 144 valence electrons. The lowest BCUT2D eigenvalue weighted by Crippen LogP contribution is -2.61. The predicted octanol–water partition coefficient (Wildman–Crippen LogP) is 4.03. The van der Waals surface area contributed by atoms with Crippen molar-refractivity contribution >= 4 is 18.1 Å². The molecular weight excluding hydrogens is 349 g/mol. The number of aryl methyl sites for hydroxylation is 1. The normalized spacial score (nSPS) is 19.8. The van der Waals surface area contributed by atoms with E-state index >= 15 is 0 Å². The number of alkyl halides is 3. The van der Waals surface area contributed by atoms with E-state index in [9.17, 15) is 22.8 Å². The maximum Gasteiger partial charge on any atom is 0.416 e. The molecule has 1 aromatic carbocycles. The number of nitrogens with zero attached hydrogens (tertiary/aromatic N) is 1. The van der Waals surface area contributed by atoms with Crippen LogP contribution in [0.5, 0.6) is 0 Å². The molecule has 0 spiro atoms. The van der Waals surface area contributed by atoms with E-state index in [-0.39, 0.29) is 6.61 Å². The Kier molecular flexibility index (Phi) is 6.28. The molecule has 5 nitrogen and oxygen atoms in total. The van der Waals surface area contributed by atoms with Crippen molar-refractivity contribution in [3.63, 3.8) is 0 Å². The van der Waals surface area contributed by atoms with E-state index in [0.29, 0.717) is 49.8 Å². The summed E-state index contributed by atoms with van der Waals surface area (Å²) in [6.45, 7) is 1.94. The number of fused-ring (bicyclic) bond motifs is 1. The van der Waals surface area contributed by atoms with Gasteiger partial charge in [0.05, 0.1) is 23.5 Å². The van der Waals surface area contributed by atoms with Crippen LogP contribution >= 0.6 is 0 Å². The van der Waals surface area contributed by atoms with Crippen molar-refractivity contribution in [2.24, 2.45) is 5.73 Å². The van der Waals surface area contributed by atoms with Crippen molar-refractivity contribution in [2.75, 3.05) is 11.5 Å². The summed E-state index contributed by atoms with van der Waals surface area (Å²) in [4.78, 5) is 24.1. The molecule has 1 aliphatic heterocycles. The van der Waals surface area contributed by atoms with Crippen LogP contribution in [0.4, 0.5) is 23.7 Å². The first-order valence-corrected chi connectivity index (χ1v) is 8.62. The second kappa shape index (κ2) is 8.07. The summed E-state index contributed by atoms with van der Waals surface area (Å²) in [6, 6.07) is 3.29. The summed E-state index contributed by atoms with van der Waals surface area (Å²) >= 11 is 0. The molecule has 1 amide bonds. The van der Waals surface area contributed by atoms with Crippen LogP contribution < -0.4 is 10.6 Å². The second-order valence-corrected chi connectivity index (χ2v) is 6.41. The van der Waals surface area contributed by atoms with Gasteiger partial charge < -0.3 is 15.3 Å². The summed E-state index contributed by atoms with van der Waals surface area (Å²) in [5, 5.41) is 0. The Morgan fingerprint density at radius 2 is 2.12 bits per heavy atom. The van der Waals surface area contributed by atoms with Gasteiger partial charge >= 0.3 is 12.3 Å². The van der Waals surface area contributed by atoms with Crippen LogP contribution in [0.25, 0.3) is 0 Å². The van der Waals surface area contributed by atoms with Gasteiger partial charge in [-0.3, -0.25) is 4.90 Å². The van der Waals surface area contributed by atoms with E-state index in [0.717, 1.165) is 18.4 Å². The third-order valence-corrected chi connectivity index (χ3v) is 4.66. The number of unbranched alkanes of at least 4 members (excludes halogenated alkanes) is 2. The third-order valence-electron chi connectivity index (χ3n) is 4.66. The van der Waals surface area contributed by atoms with E-state index in [1.54, 1.807) is 0 Å². The zero-order chi connectivity index (χ0) is 19.4. The summed E-state index contributed by atoms with van der Waals surface area (Å²) < 4.78 is 44.1. The molecule has 0 aromatic heterocycles. The second-order valence-electron chi connectivity index (χ2n) is 6.41. The van der Waals surface area contributed by atoms with Crippen LogP contribution in [-0.4, -0.2) is 24.6 Å². The van der Waals surface area contributed by atoms with Gasteiger partial charge in [0.15, 0.2) is 0 Å². The molecular formula is C18H23F3N2O3. The number of nitrogens with two attached hydrogens (primary N) is 1. The Bertz CT molecular complexity index is 664. The molecule has 2 rings (SSSR count). The zero-order valence-corrected chi connectivity index (χ0v) is 14.6.